The fourth-order valence-electron chi connectivity index (χ4n) is 1.60. The second-order valence-electron chi connectivity index (χ2n) is 4.45. The van der Waals surface area contributed by atoms with Crippen molar-refractivity contribution in [2.24, 2.45) is 0 Å². The number of benzene rings is 1. The van der Waals surface area contributed by atoms with Crippen molar-refractivity contribution in [1.82, 2.24) is 4.31 Å². The van der Waals surface area contributed by atoms with Crippen LogP contribution in [0.2, 0.25) is 0 Å². The molecule has 0 saturated heterocycles. The van der Waals surface area contributed by atoms with Crippen molar-refractivity contribution in [2.45, 2.75) is 24.7 Å². The number of rotatable bonds is 6. The number of sulfonamides is 1. The van der Waals surface area contributed by atoms with E-state index < -0.39 is 10.0 Å². The molecular formula is C13H20N2O4S. The third kappa shape index (κ3) is 3.71. The van der Waals surface area contributed by atoms with Gasteiger partial charge in [-0.2, -0.15) is 0 Å². The van der Waals surface area contributed by atoms with Crippen LogP contribution < -0.4 is 10.1 Å². The number of anilines is 1. The second-order valence-corrected chi connectivity index (χ2v) is 6.60. The number of carbonyl (C=O) groups excluding carboxylic acids is 1. The molecule has 0 fully saturated rings. The van der Waals surface area contributed by atoms with E-state index in [0.29, 0.717) is 24.3 Å². The van der Waals surface area contributed by atoms with E-state index >= 15 is 0 Å². The molecule has 0 radical (unpaired) electrons. The van der Waals surface area contributed by atoms with Gasteiger partial charge in [0.2, 0.25) is 15.9 Å². The zero-order valence-corrected chi connectivity index (χ0v) is 13.0. The Labute approximate surface area is 119 Å². The van der Waals surface area contributed by atoms with Crippen molar-refractivity contribution >= 4 is 21.6 Å². The standard InChI is InChI=1S/C13H20N2O4S/c1-5-6-13(16)14-11-9-10(7-8-12(11)19-4)20(17,18)15(2)3/h7-9H,5-6H2,1-4H3,(H,14,16). The van der Waals surface area contributed by atoms with E-state index in [9.17, 15) is 13.2 Å². The van der Waals surface area contributed by atoms with Crippen molar-refractivity contribution < 1.29 is 17.9 Å². The van der Waals surface area contributed by atoms with Crippen molar-refractivity contribution in [1.29, 1.82) is 0 Å². The van der Waals surface area contributed by atoms with Crippen LogP contribution in [0.3, 0.4) is 0 Å². The highest BCUT2D eigenvalue weighted by molar-refractivity contribution is 7.89. The molecule has 1 N–H and O–H groups in total. The van der Waals surface area contributed by atoms with Crippen LogP contribution in [0.25, 0.3) is 0 Å². The van der Waals surface area contributed by atoms with Crippen molar-refractivity contribution in [3.8, 4) is 5.75 Å². The molecule has 0 spiro atoms. The molecule has 0 heterocycles. The first-order chi connectivity index (χ1) is 9.32. The largest absolute Gasteiger partial charge is 0.495 e. The summed E-state index contributed by atoms with van der Waals surface area (Å²) in [6.07, 6.45) is 1.08. The van der Waals surface area contributed by atoms with Crippen LogP contribution in [0, 0.1) is 0 Å². The summed E-state index contributed by atoms with van der Waals surface area (Å²) in [5.41, 5.74) is 0.355. The topological polar surface area (TPSA) is 75.7 Å². The lowest BCUT2D eigenvalue weighted by atomic mass is 10.2. The Hall–Kier alpha value is -1.60. The third-order valence-electron chi connectivity index (χ3n) is 2.70. The molecule has 1 aromatic rings. The summed E-state index contributed by atoms with van der Waals surface area (Å²) in [7, 11) is 0.824. The van der Waals surface area contributed by atoms with E-state index in [4.69, 9.17) is 4.74 Å². The molecule has 0 unspecified atom stereocenters. The number of ether oxygens (including phenoxy) is 1. The molecule has 0 saturated carbocycles. The first-order valence-electron chi connectivity index (χ1n) is 6.23. The van der Waals surface area contributed by atoms with Crippen LogP contribution in [0.15, 0.2) is 23.1 Å². The quantitative estimate of drug-likeness (QED) is 0.867. The molecule has 112 valence electrons. The Bertz CT molecular complexity index is 582. The van der Waals surface area contributed by atoms with E-state index in [1.165, 1.54) is 39.4 Å². The minimum Gasteiger partial charge on any atom is -0.495 e. The maximum atomic E-state index is 12.1. The van der Waals surface area contributed by atoms with E-state index in [0.717, 1.165) is 4.31 Å². The predicted molar refractivity (Wildman–Crippen MR) is 77.4 cm³/mol. The zero-order chi connectivity index (χ0) is 15.3. The first-order valence-corrected chi connectivity index (χ1v) is 7.67. The Kier molecular flexibility index (Phi) is 5.52. The minimum absolute atomic E-state index is 0.107. The minimum atomic E-state index is -3.55. The molecular weight excluding hydrogens is 280 g/mol. The lowest BCUT2D eigenvalue weighted by Gasteiger charge is -2.15. The monoisotopic (exact) mass is 300 g/mol. The SMILES string of the molecule is CCCC(=O)Nc1cc(S(=O)(=O)N(C)C)ccc1OC. The normalized spacial score (nSPS) is 11.4. The van der Waals surface area contributed by atoms with E-state index in [2.05, 4.69) is 5.32 Å². The van der Waals surface area contributed by atoms with Crippen LogP contribution in [0.5, 0.6) is 5.75 Å². The Morgan fingerprint density at radius 2 is 2.00 bits per heavy atom. The average Bonchev–Trinajstić information content (AvgIpc) is 2.38. The highest BCUT2D eigenvalue weighted by Gasteiger charge is 2.19. The van der Waals surface area contributed by atoms with E-state index in [1.54, 1.807) is 0 Å². The predicted octanol–water partition coefficient (Wildman–Crippen LogP) is 1.68. The molecule has 0 aromatic heterocycles. The van der Waals surface area contributed by atoms with Gasteiger partial charge in [-0.25, -0.2) is 12.7 Å². The number of hydrogen-bond acceptors (Lipinski definition) is 4. The molecule has 0 atom stereocenters. The Balaban J connectivity index is 3.19. The maximum absolute atomic E-state index is 12.1. The van der Waals surface area contributed by atoms with Crippen LogP contribution in [-0.4, -0.2) is 39.8 Å². The van der Waals surface area contributed by atoms with Gasteiger partial charge in [0.15, 0.2) is 0 Å². The molecule has 7 heteroatoms. The average molecular weight is 300 g/mol. The van der Waals surface area contributed by atoms with Gasteiger partial charge in [0.25, 0.3) is 0 Å². The number of amides is 1. The Morgan fingerprint density at radius 1 is 1.35 bits per heavy atom. The van der Waals surface area contributed by atoms with Crippen molar-refractivity contribution in [3.05, 3.63) is 18.2 Å². The number of methoxy groups -OCH3 is 1. The fraction of sp³-hybridized carbons (Fsp3) is 0.462. The number of carbonyl (C=O) groups is 1. The van der Waals surface area contributed by atoms with Crippen LogP contribution in [0.4, 0.5) is 5.69 Å². The van der Waals surface area contributed by atoms with Crippen LogP contribution in [0.1, 0.15) is 19.8 Å². The molecule has 0 aliphatic carbocycles. The van der Waals surface area contributed by atoms with Crippen molar-refractivity contribution in [2.75, 3.05) is 26.5 Å². The summed E-state index contributed by atoms with van der Waals surface area (Å²) in [6.45, 7) is 1.89. The van der Waals surface area contributed by atoms with Gasteiger partial charge in [-0.05, 0) is 24.6 Å². The number of hydrogen-bond donors (Lipinski definition) is 1. The molecule has 6 nitrogen and oxygen atoms in total. The van der Waals surface area contributed by atoms with Gasteiger partial charge < -0.3 is 10.1 Å². The third-order valence-corrected chi connectivity index (χ3v) is 4.51. The first kappa shape index (κ1) is 16.5. The highest BCUT2D eigenvalue weighted by atomic mass is 32.2. The smallest absolute Gasteiger partial charge is 0.242 e. The number of nitrogens with zero attached hydrogens (tertiary/aromatic N) is 1. The molecule has 0 aliphatic heterocycles. The maximum Gasteiger partial charge on any atom is 0.242 e. The molecule has 0 aliphatic rings. The number of nitrogens with one attached hydrogen (secondary N) is 1. The summed E-state index contributed by atoms with van der Waals surface area (Å²) in [5, 5.41) is 2.67. The van der Waals surface area contributed by atoms with Gasteiger partial charge in [-0.3, -0.25) is 4.79 Å². The van der Waals surface area contributed by atoms with Crippen molar-refractivity contribution in [3.63, 3.8) is 0 Å². The van der Waals surface area contributed by atoms with Crippen LogP contribution in [-0.2, 0) is 14.8 Å². The van der Waals surface area contributed by atoms with Gasteiger partial charge >= 0.3 is 0 Å². The lowest BCUT2D eigenvalue weighted by molar-refractivity contribution is -0.116. The van der Waals surface area contributed by atoms with Gasteiger partial charge in [-0.15, -0.1) is 0 Å². The zero-order valence-electron chi connectivity index (χ0n) is 12.1. The van der Waals surface area contributed by atoms with Gasteiger partial charge in [0.05, 0.1) is 17.7 Å². The van der Waals surface area contributed by atoms with Gasteiger partial charge in [-0.1, -0.05) is 6.92 Å². The van der Waals surface area contributed by atoms with E-state index in [1.807, 2.05) is 6.92 Å². The summed E-state index contributed by atoms with van der Waals surface area (Å²) >= 11 is 0. The Morgan fingerprint density at radius 3 is 2.50 bits per heavy atom. The van der Waals surface area contributed by atoms with Crippen LogP contribution >= 0.6 is 0 Å². The van der Waals surface area contributed by atoms with E-state index in [-0.39, 0.29) is 10.8 Å². The van der Waals surface area contributed by atoms with Gasteiger partial charge in [0.1, 0.15) is 5.75 Å². The summed E-state index contributed by atoms with van der Waals surface area (Å²) in [6, 6.07) is 4.38. The molecule has 1 rings (SSSR count). The second kappa shape index (κ2) is 6.71. The summed E-state index contributed by atoms with van der Waals surface area (Å²) in [5.74, 6) is 0.248. The fourth-order valence-corrected chi connectivity index (χ4v) is 2.52. The molecule has 0 bridgehead atoms. The summed E-state index contributed by atoms with van der Waals surface area (Å²) < 4.78 is 30.4. The lowest BCUT2D eigenvalue weighted by Crippen LogP contribution is -2.22. The van der Waals surface area contributed by atoms with Gasteiger partial charge in [0, 0.05) is 20.5 Å². The molecule has 1 amide bonds. The summed E-state index contributed by atoms with van der Waals surface area (Å²) in [4.78, 5) is 11.8. The highest BCUT2D eigenvalue weighted by Crippen LogP contribution is 2.28. The molecule has 20 heavy (non-hydrogen) atoms. The molecule has 1 aromatic carbocycles.